The van der Waals surface area contributed by atoms with Crippen molar-refractivity contribution in [3.63, 3.8) is 0 Å². The van der Waals surface area contributed by atoms with Crippen LogP contribution in [0.15, 0.2) is 41.7 Å². The highest BCUT2D eigenvalue weighted by molar-refractivity contribution is 7.77. The summed E-state index contributed by atoms with van der Waals surface area (Å²) in [5, 5.41) is 0.450. The number of thiophene rings is 1. The molecule has 0 spiro atoms. The molecule has 0 N–H and O–H groups in total. The first kappa shape index (κ1) is 18.5. The van der Waals surface area contributed by atoms with Crippen molar-refractivity contribution in [3.8, 4) is 0 Å². The number of carbonyl (C=O) groups is 1. The molecule has 6 heteroatoms. The number of Topliss-reactive ketones (excluding diaryl/α,β-unsaturated/α-hetero) is 1. The maximum atomic E-state index is 13.1. The van der Waals surface area contributed by atoms with Gasteiger partial charge in [0, 0.05) is 18.2 Å². The molecule has 3 nitrogen and oxygen atoms in total. The highest BCUT2D eigenvalue weighted by Gasteiger charge is 2.31. The van der Waals surface area contributed by atoms with Gasteiger partial charge in [-0.3, -0.25) is 4.79 Å². The standard InChI is InChI=1S/C19H21ClN2OS2/c1-19(2,3)12-8-10-22(11-9-12)16(18(24)21-13-4-5-13)17(23)14-6-7-15(20)25-14/h6-11,13,16H,4-5H2,1-3H3/t16-/m0/s1. The fourth-order valence-electron chi connectivity index (χ4n) is 2.52. The van der Waals surface area contributed by atoms with Gasteiger partial charge >= 0.3 is 0 Å². The molecule has 0 aliphatic heterocycles. The Morgan fingerprint density at radius 2 is 1.92 bits per heavy atom. The normalized spacial score (nSPS) is 16.7. The number of pyridine rings is 1. The lowest BCUT2D eigenvalue weighted by Gasteiger charge is -2.20. The number of carbonyl (C=O) groups excluding carboxylic acids is 1. The van der Waals surface area contributed by atoms with Crippen LogP contribution in [-0.2, 0) is 18.0 Å². The fraction of sp³-hybridized carbons (Fsp3) is 0.421. The van der Waals surface area contributed by atoms with Crippen molar-refractivity contribution >= 4 is 46.4 Å². The molecule has 3 rings (SSSR count). The highest BCUT2D eigenvalue weighted by atomic mass is 35.5. The molecule has 2 aromatic heterocycles. The van der Waals surface area contributed by atoms with Crippen LogP contribution in [0.2, 0.25) is 4.34 Å². The molecule has 25 heavy (non-hydrogen) atoms. The number of hydrogen-bond donors (Lipinski definition) is 0. The van der Waals surface area contributed by atoms with Gasteiger partial charge in [-0.25, -0.2) is 0 Å². The molecular formula is C19H21ClN2OS2. The zero-order valence-corrected chi connectivity index (χ0v) is 16.9. The first-order chi connectivity index (χ1) is 11.8. The number of halogens is 1. The molecule has 0 radical (unpaired) electrons. The fourth-order valence-corrected chi connectivity index (χ4v) is 3.91. The van der Waals surface area contributed by atoms with Gasteiger partial charge in [0.05, 0.1) is 9.21 Å². The van der Waals surface area contributed by atoms with Gasteiger partial charge in [0.1, 0.15) is 0 Å². The molecule has 0 aromatic carbocycles. The summed E-state index contributed by atoms with van der Waals surface area (Å²) in [7, 11) is 0. The number of ketones is 1. The summed E-state index contributed by atoms with van der Waals surface area (Å²) in [4.78, 5) is 18.2. The third-order valence-corrected chi connectivity index (χ3v) is 5.75. The van der Waals surface area contributed by atoms with Crippen molar-refractivity contribution in [1.29, 1.82) is 0 Å². The van der Waals surface area contributed by atoms with Crippen molar-refractivity contribution in [2.45, 2.75) is 51.1 Å². The second-order valence-corrected chi connectivity index (χ2v) is 9.49. The van der Waals surface area contributed by atoms with Crippen LogP contribution < -0.4 is 4.57 Å². The summed E-state index contributed by atoms with van der Waals surface area (Å²) in [5.41, 5.74) is 1.26. The Hall–Kier alpha value is -1.30. The first-order valence-electron chi connectivity index (χ1n) is 8.31. The monoisotopic (exact) mass is 392 g/mol. The minimum absolute atomic E-state index is 0.0543. The Labute approximate surface area is 163 Å². The van der Waals surface area contributed by atoms with E-state index < -0.39 is 6.04 Å². The van der Waals surface area contributed by atoms with E-state index in [2.05, 4.69) is 25.8 Å². The Morgan fingerprint density at radius 3 is 2.40 bits per heavy atom. The molecule has 0 saturated heterocycles. The summed E-state index contributed by atoms with van der Waals surface area (Å²) >= 11 is 12.8. The third-order valence-electron chi connectivity index (χ3n) is 4.17. The lowest BCUT2D eigenvalue weighted by atomic mass is 9.88. The van der Waals surface area contributed by atoms with Crippen molar-refractivity contribution in [2.24, 2.45) is 4.99 Å². The smallest absolute Gasteiger partial charge is 0.244 e. The summed E-state index contributed by atoms with van der Waals surface area (Å²) in [6.45, 7) is 6.49. The lowest BCUT2D eigenvalue weighted by molar-refractivity contribution is -0.692. The van der Waals surface area contributed by atoms with Crippen LogP contribution in [0.5, 0.6) is 0 Å². The van der Waals surface area contributed by atoms with E-state index in [0.29, 0.717) is 14.3 Å². The molecule has 0 bridgehead atoms. The maximum Gasteiger partial charge on any atom is 0.244 e. The van der Waals surface area contributed by atoms with Crippen LogP contribution >= 0.6 is 22.9 Å². The van der Waals surface area contributed by atoms with Gasteiger partial charge in [0.15, 0.2) is 12.4 Å². The molecule has 0 unspecified atom stereocenters. The van der Waals surface area contributed by atoms with Gasteiger partial charge in [-0.2, -0.15) is 4.57 Å². The summed E-state index contributed by atoms with van der Waals surface area (Å²) < 4.78 is 2.46. The summed E-state index contributed by atoms with van der Waals surface area (Å²) in [6.07, 6.45) is 5.96. The number of aliphatic imine (C=N–C) groups is 1. The van der Waals surface area contributed by atoms with Gasteiger partial charge in [0.25, 0.3) is 0 Å². The minimum Gasteiger partial charge on any atom is -0.758 e. The number of hydrogen-bond acceptors (Lipinski definition) is 4. The van der Waals surface area contributed by atoms with E-state index in [1.54, 1.807) is 12.1 Å². The summed E-state index contributed by atoms with van der Waals surface area (Å²) in [6, 6.07) is 7.27. The predicted octanol–water partition coefficient (Wildman–Crippen LogP) is 4.52. The Kier molecular flexibility index (Phi) is 5.28. The topological polar surface area (TPSA) is 33.3 Å². The van der Waals surface area contributed by atoms with E-state index >= 15 is 0 Å². The molecule has 0 amide bonds. The van der Waals surface area contributed by atoms with Gasteiger partial charge in [-0.05, 0) is 41.0 Å². The zero-order chi connectivity index (χ0) is 18.2. The van der Waals surface area contributed by atoms with Crippen molar-refractivity contribution in [2.75, 3.05) is 0 Å². The summed E-state index contributed by atoms with van der Waals surface area (Å²) in [5.74, 6) is -0.0557. The number of rotatable bonds is 5. The van der Waals surface area contributed by atoms with Gasteiger partial charge < -0.3 is 17.6 Å². The van der Waals surface area contributed by atoms with Crippen LogP contribution in [0.4, 0.5) is 0 Å². The van der Waals surface area contributed by atoms with E-state index in [-0.39, 0.29) is 17.2 Å². The lowest BCUT2D eigenvalue weighted by Crippen LogP contribution is -2.47. The third kappa shape index (κ3) is 4.46. The SMILES string of the molecule is CC(C)(C)c1cc[n+]([C@@H](C(=O)c2ccc(Cl)s2)C([S-])=NC2CC2)cc1. The van der Waals surface area contributed by atoms with Crippen LogP contribution in [-0.4, -0.2) is 16.9 Å². The van der Waals surface area contributed by atoms with E-state index in [0.717, 1.165) is 12.8 Å². The molecule has 1 atom stereocenters. The average molecular weight is 393 g/mol. The molecule has 2 heterocycles. The average Bonchev–Trinajstić information content (AvgIpc) is 3.24. The predicted molar refractivity (Wildman–Crippen MR) is 106 cm³/mol. The van der Waals surface area contributed by atoms with Crippen molar-refractivity contribution < 1.29 is 9.36 Å². The number of aromatic nitrogens is 1. The highest BCUT2D eigenvalue weighted by Crippen LogP contribution is 2.28. The Bertz CT molecular complexity index is 802. The molecule has 2 aromatic rings. The minimum atomic E-state index is -0.598. The molecular weight excluding hydrogens is 372 g/mol. The Balaban J connectivity index is 1.97. The van der Waals surface area contributed by atoms with E-state index in [9.17, 15) is 4.79 Å². The first-order valence-corrected chi connectivity index (χ1v) is 9.91. The molecule has 1 fully saturated rings. The molecule has 1 aliphatic carbocycles. The van der Waals surface area contributed by atoms with Crippen LogP contribution in [0.3, 0.4) is 0 Å². The number of nitrogens with zero attached hydrogens (tertiary/aromatic N) is 2. The second-order valence-electron chi connectivity index (χ2n) is 7.35. The van der Waals surface area contributed by atoms with Gasteiger partial charge in [0.2, 0.25) is 11.8 Å². The molecule has 132 valence electrons. The quantitative estimate of drug-likeness (QED) is 0.246. The van der Waals surface area contributed by atoms with Crippen molar-refractivity contribution in [1.82, 2.24) is 0 Å². The maximum absolute atomic E-state index is 13.1. The Morgan fingerprint density at radius 1 is 1.28 bits per heavy atom. The van der Waals surface area contributed by atoms with Crippen LogP contribution in [0.25, 0.3) is 0 Å². The molecule has 1 saturated carbocycles. The van der Waals surface area contributed by atoms with E-state index in [1.165, 1.54) is 16.9 Å². The van der Waals surface area contributed by atoms with Gasteiger partial charge in [-0.1, -0.05) is 32.4 Å². The van der Waals surface area contributed by atoms with Gasteiger partial charge in [-0.15, -0.1) is 11.3 Å². The zero-order valence-electron chi connectivity index (χ0n) is 14.5. The largest absolute Gasteiger partial charge is 0.758 e. The second kappa shape index (κ2) is 7.14. The van der Waals surface area contributed by atoms with Crippen LogP contribution in [0.1, 0.15) is 54.9 Å². The molecule has 1 aliphatic rings. The van der Waals surface area contributed by atoms with Crippen molar-refractivity contribution in [3.05, 3.63) is 51.4 Å². The van der Waals surface area contributed by atoms with E-state index in [1.807, 2.05) is 29.1 Å². The van der Waals surface area contributed by atoms with E-state index in [4.69, 9.17) is 24.2 Å². The van der Waals surface area contributed by atoms with Crippen LogP contribution in [0, 0.1) is 0 Å².